The first-order valence-electron chi connectivity index (χ1n) is 4.62. The van der Waals surface area contributed by atoms with Crippen LogP contribution < -0.4 is 5.73 Å². The van der Waals surface area contributed by atoms with Crippen LogP contribution in [-0.2, 0) is 0 Å². The van der Waals surface area contributed by atoms with E-state index in [1.54, 1.807) is 0 Å². The minimum atomic E-state index is 0.0555. The van der Waals surface area contributed by atoms with Crippen LogP contribution >= 0.6 is 0 Å². The van der Waals surface area contributed by atoms with E-state index < -0.39 is 0 Å². The number of allylic oxidation sites excluding steroid dienone is 1. The van der Waals surface area contributed by atoms with E-state index in [-0.39, 0.29) is 5.75 Å². The van der Waals surface area contributed by atoms with E-state index in [9.17, 15) is 5.11 Å². The quantitative estimate of drug-likeness (QED) is 0.756. The summed E-state index contributed by atoms with van der Waals surface area (Å²) in [5.41, 5.74) is 9.14. The van der Waals surface area contributed by atoms with Crippen LogP contribution in [0.4, 0.5) is 5.69 Å². The normalized spacial score (nSPS) is 10.2. The van der Waals surface area contributed by atoms with Crippen LogP contribution in [0.1, 0.15) is 30.3 Å². The van der Waals surface area contributed by atoms with Crippen molar-refractivity contribution in [1.29, 1.82) is 0 Å². The van der Waals surface area contributed by atoms with Gasteiger partial charge in [-0.25, -0.2) is 4.98 Å². The lowest BCUT2D eigenvalue weighted by atomic mass is 10.1. The maximum Gasteiger partial charge on any atom is 0.165 e. The molecule has 0 radical (unpaired) electrons. The molecule has 0 aliphatic rings. The van der Waals surface area contributed by atoms with E-state index in [1.807, 2.05) is 20.8 Å². The minimum absolute atomic E-state index is 0.0555. The number of anilines is 1. The van der Waals surface area contributed by atoms with Gasteiger partial charge < -0.3 is 10.8 Å². The van der Waals surface area contributed by atoms with E-state index in [4.69, 9.17) is 5.73 Å². The first-order valence-corrected chi connectivity index (χ1v) is 4.62. The summed E-state index contributed by atoms with van der Waals surface area (Å²) in [6, 6.07) is 0. The highest BCUT2D eigenvalue weighted by molar-refractivity contribution is 5.73. The van der Waals surface area contributed by atoms with Gasteiger partial charge >= 0.3 is 0 Å². The van der Waals surface area contributed by atoms with Gasteiger partial charge in [0.25, 0.3) is 0 Å². The number of rotatable bonds is 2. The number of nitrogens with zero attached hydrogens (tertiary/aromatic N) is 1. The van der Waals surface area contributed by atoms with Crippen LogP contribution in [0.25, 0.3) is 5.57 Å². The van der Waals surface area contributed by atoms with Crippen molar-refractivity contribution in [3.05, 3.63) is 23.5 Å². The van der Waals surface area contributed by atoms with Crippen molar-refractivity contribution in [2.75, 3.05) is 5.73 Å². The third kappa shape index (κ3) is 1.58. The average molecular weight is 192 g/mol. The Morgan fingerprint density at radius 3 is 2.57 bits per heavy atom. The number of aromatic nitrogens is 1. The van der Waals surface area contributed by atoms with Crippen LogP contribution in [0, 0.1) is 13.8 Å². The lowest BCUT2D eigenvalue weighted by Crippen LogP contribution is -2.00. The number of aryl methyl sites for hydroxylation is 1. The maximum absolute atomic E-state index is 9.76. The van der Waals surface area contributed by atoms with Gasteiger partial charge in [-0.2, -0.15) is 0 Å². The number of nitrogen functional groups attached to an aromatic ring is 1. The van der Waals surface area contributed by atoms with Crippen molar-refractivity contribution in [1.82, 2.24) is 4.98 Å². The Bertz CT molecular complexity index is 383. The smallest absolute Gasteiger partial charge is 0.165 e. The summed E-state index contributed by atoms with van der Waals surface area (Å²) >= 11 is 0. The van der Waals surface area contributed by atoms with E-state index in [2.05, 4.69) is 11.6 Å². The zero-order valence-corrected chi connectivity index (χ0v) is 8.89. The number of nitrogens with two attached hydrogens (primary N) is 1. The van der Waals surface area contributed by atoms with Gasteiger partial charge in [-0.3, -0.25) is 0 Å². The Kier molecular flexibility index (Phi) is 2.79. The Morgan fingerprint density at radius 2 is 2.07 bits per heavy atom. The predicted octanol–water partition coefficient (Wildman–Crippen LogP) is 2.41. The summed E-state index contributed by atoms with van der Waals surface area (Å²) < 4.78 is 0. The Morgan fingerprint density at radius 1 is 1.50 bits per heavy atom. The molecule has 3 heteroatoms. The molecule has 0 bridgehead atoms. The molecule has 3 N–H and O–H groups in total. The molecule has 1 heterocycles. The van der Waals surface area contributed by atoms with Gasteiger partial charge in [0.1, 0.15) is 5.69 Å². The standard InChI is InChI=1S/C11H16N2O/c1-5-6(2)10-11(14)9(12)7(3)8(4)13-10/h14H,2,5H2,1,3-4H3,(H2,12,13). The number of hydrogen-bond acceptors (Lipinski definition) is 3. The predicted molar refractivity (Wildman–Crippen MR) is 59.1 cm³/mol. The van der Waals surface area contributed by atoms with E-state index >= 15 is 0 Å². The Hall–Kier alpha value is -1.51. The van der Waals surface area contributed by atoms with Gasteiger partial charge in [0.2, 0.25) is 0 Å². The van der Waals surface area contributed by atoms with Gasteiger partial charge in [0.15, 0.2) is 5.75 Å². The SMILES string of the molecule is C=C(CC)c1nc(C)c(C)c(N)c1O. The molecule has 0 fully saturated rings. The molecule has 14 heavy (non-hydrogen) atoms. The molecule has 0 spiro atoms. The molecular weight excluding hydrogens is 176 g/mol. The first kappa shape index (κ1) is 10.6. The fraction of sp³-hybridized carbons (Fsp3) is 0.364. The fourth-order valence-electron chi connectivity index (χ4n) is 1.22. The van der Waals surface area contributed by atoms with Crippen molar-refractivity contribution in [2.24, 2.45) is 0 Å². The second-order valence-corrected chi connectivity index (χ2v) is 3.39. The molecular formula is C11H16N2O. The van der Waals surface area contributed by atoms with Gasteiger partial charge in [0.05, 0.1) is 5.69 Å². The van der Waals surface area contributed by atoms with Crippen molar-refractivity contribution in [3.63, 3.8) is 0 Å². The second kappa shape index (κ2) is 3.70. The van der Waals surface area contributed by atoms with Crippen molar-refractivity contribution in [2.45, 2.75) is 27.2 Å². The topological polar surface area (TPSA) is 59.1 Å². The molecule has 0 amide bonds. The van der Waals surface area contributed by atoms with Crippen LogP contribution in [-0.4, -0.2) is 10.1 Å². The van der Waals surface area contributed by atoms with Crippen molar-refractivity contribution < 1.29 is 5.11 Å². The third-order valence-corrected chi connectivity index (χ3v) is 2.47. The Labute approximate surface area is 84.3 Å². The number of pyridine rings is 1. The van der Waals surface area contributed by atoms with Gasteiger partial charge in [0, 0.05) is 5.69 Å². The number of aromatic hydroxyl groups is 1. The van der Waals surface area contributed by atoms with Gasteiger partial charge in [-0.05, 0) is 31.4 Å². The monoisotopic (exact) mass is 192 g/mol. The summed E-state index contributed by atoms with van der Waals surface area (Å²) in [6.07, 6.45) is 0.752. The molecule has 0 aromatic carbocycles. The Balaban J connectivity index is 3.40. The van der Waals surface area contributed by atoms with Crippen LogP contribution in [0.5, 0.6) is 5.75 Å². The molecule has 1 aromatic rings. The molecule has 0 aliphatic heterocycles. The zero-order valence-electron chi connectivity index (χ0n) is 8.89. The lowest BCUT2D eigenvalue weighted by molar-refractivity contribution is 0.472. The molecule has 1 aromatic heterocycles. The zero-order chi connectivity index (χ0) is 10.9. The molecule has 1 rings (SSSR count). The molecule has 0 atom stereocenters. The molecule has 0 saturated heterocycles. The molecule has 0 unspecified atom stereocenters. The molecule has 0 saturated carbocycles. The summed E-state index contributed by atoms with van der Waals surface area (Å²) in [6.45, 7) is 9.52. The van der Waals surface area contributed by atoms with Crippen LogP contribution in [0.3, 0.4) is 0 Å². The van der Waals surface area contributed by atoms with E-state index in [0.29, 0.717) is 11.4 Å². The van der Waals surface area contributed by atoms with E-state index in [1.165, 1.54) is 0 Å². The summed E-state index contributed by atoms with van der Waals surface area (Å²) in [7, 11) is 0. The average Bonchev–Trinajstić information content (AvgIpc) is 2.19. The van der Waals surface area contributed by atoms with Crippen molar-refractivity contribution >= 4 is 11.3 Å². The second-order valence-electron chi connectivity index (χ2n) is 3.39. The number of hydrogen-bond donors (Lipinski definition) is 2. The maximum atomic E-state index is 9.76. The fourth-order valence-corrected chi connectivity index (χ4v) is 1.22. The summed E-state index contributed by atoms with van der Waals surface area (Å²) in [5, 5.41) is 9.76. The van der Waals surface area contributed by atoms with Gasteiger partial charge in [-0.1, -0.05) is 13.5 Å². The minimum Gasteiger partial charge on any atom is -0.504 e. The van der Waals surface area contributed by atoms with E-state index in [0.717, 1.165) is 23.3 Å². The molecule has 3 nitrogen and oxygen atoms in total. The van der Waals surface area contributed by atoms with Gasteiger partial charge in [-0.15, -0.1) is 0 Å². The highest BCUT2D eigenvalue weighted by Gasteiger charge is 2.13. The van der Waals surface area contributed by atoms with Crippen molar-refractivity contribution in [3.8, 4) is 5.75 Å². The lowest BCUT2D eigenvalue weighted by Gasteiger charge is -2.11. The molecule has 0 aliphatic carbocycles. The van der Waals surface area contributed by atoms with Crippen LogP contribution in [0.15, 0.2) is 6.58 Å². The largest absolute Gasteiger partial charge is 0.504 e. The summed E-state index contributed by atoms with van der Waals surface area (Å²) in [4.78, 5) is 4.27. The highest BCUT2D eigenvalue weighted by Crippen LogP contribution is 2.32. The third-order valence-electron chi connectivity index (χ3n) is 2.47. The molecule has 76 valence electrons. The highest BCUT2D eigenvalue weighted by atomic mass is 16.3. The summed E-state index contributed by atoms with van der Waals surface area (Å²) in [5.74, 6) is 0.0555. The first-order chi connectivity index (χ1) is 6.49. The van der Waals surface area contributed by atoms with Crippen LogP contribution in [0.2, 0.25) is 0 Å².